The first-order chi connectivity index (χ1) is 14.3. The Balaban J connectivity index is 1.63. The third-order valence-corrected chi connectivity index (χ3v) is 7.31. The molecule has 4 heteroatoms. The number of nitrogens with one attached hydrogen (secondary N) is 2. The molecule has 1 fully saturated rings. The van der Waals surface area contributed by atoms with Gasteiger partial charge in [-0.15, -0.1) is 0 Å². The Kier molecular flexibility index (Phi) is 5.63. The number of Topliss-reactive ketones (excluding diaryl/α,β-unsaturated/α-hetero) is 1. The van der Waals surface area contributed by atoms with Gasteiger partial charge in [-0.2, -0.15) is 0 Å². The normalized spacial score (nSPS) is 22.7. The summed E-state index contributed by atoms with van der Waals surface area (Å²) < 4.78 is 0. The molecule has 4 nitrogen and oxygen atoms in total. The van der Waals surface area contributed by atoms with Gasteiger partial charge < -0.3 is 10.6 Å². The van der Waals surface area contributed by atoms with Crippen LogP contribution in [0.25, 0.3) is 0 Å². The summed E-state index contributed by atoms with van der Waals surface area (Å²) in [6.07, 6.45) is 2.63. The Hall–Kier alpha value is -2.33. The van der Waals surface area contributed by atoms with E-state index in [4.69, 9.17) is 0 Å². The first-order valence-corrected chi connectivity index (χ1v) is 11.3. The molecule has 0 aromatic heterocycles. The first-order valence-electron chi connectivity index (χ1n) is 11.3. The Morgan fingerprint density at radius 2 is 1.67 bits per heavy atom. The van der Waals surface area contributed by atoms with Crippen LogP contribution in [0.1, 0.15) is 56.5 Å². The van der Waals surface area contributed by atoms with Gasteiger partial charge in [-0.25, -0.2) is 0 Å². The molecule has 0 saturated heterocycles. The molecule has 2 aliphatic carbocycles. The van der Waals surface area contributed by atoms with Crippen molar-refractivity contribution in [2.45, 2.75) is 52.0 Å². The fourth-order valence-electron chi connectivity index (χ4n) is 4.84. The minimum atomic E-state index is -0.0709. The highest BCUT2D eigenvalue weighted by Crippen LogP contribution is 2.44. The molecule has 2 N–H and O–H groups in total. The Bertz CT molecular complexity index is 914. The van der Waals surface area contributed by atoms with Gasteiger partial charge in [0.2, 0.25) is 0 Å². The summed E-state index contributed by atoms with van der Waals surface area (Å²) in [6.45, 7) is 11.0. The quantitative estimate of drug-likeness (QED) is 0.622. The van der Waals surface area contributed by atoms with Crippen molar-refractivity contribution in [3.63, 3.8) is 0 Å². The number of ketones is 1. The van der Waals surface area contributed by atoms with E-state index >= 15 is 0 Å². The van der Waals surface area contributed by atoms with Gasteiger partial charge in [-0.05, 0) is 84.7 Å². The van der Waals surface area contributed by atoms with E-state index in [9.17, 15) is 4.79 Å². The second-order valence-corrected chi connectivity index (χ2v) is 9.56. The van der Waals surface area contributed by atoms with Crippen LogP contribution in [0, 0.1) is 11.8 Å². The largest absolute Gasteiger partial charge is 0.388 e. The van der Waals surface area contributed by atoms with Crippen LogP contribution in [0.4, 0.5) is 17.1 Å². The third kappa shape index (κ3) is 3.85. The van der Waals surface area contributed by atoms with Crippen molar-refractivity contribution in [1.82, 2.24) is 4.90 Å². The van der Waals surface area contributed by atoms with Gasteiger partial charge in [0.1, 0.15) is 0 Å². The number of hydrogen-bond donors (Lipinski definition) is 2. The van der Waals surface area contributed by atoms with Crippen LogP contribution in [0.3, 0.4) is 0 Å². The molecule has 2 atom stereocenters. The summed E-state index contributed by atoms with van der Waals surface area (Å²) in [4.78, 5) is 16.0. The molecule has 1 saturated carbocycles. The third-order valence-electron chi connectivity index (χ3n) is 7.31. The van der Waals surface area contributed by atoms with E-state index in [1.165, 1.54) is 12.8 Å². The predicted molar refractivity (Wildman–Crippen MR) is 126 cm³/mol. The summed E-state index contributed by atoms with van der Waals surface area (Å²) in [6, 6.07) is 14.5. The lowest BCUT2D eigenvalue weighted by atomic mass is 9.63. The van der Waals surface area contributed by atoms with E-state index in [0.29, 0.717) is 5.78 Å². The summed E-state index contributed by atoms with van der Waals surface area (Å²) >= 11 is 0. The maximum absolute atomic E-state index is 13.6. The van der Waals surface area contributed by atoms with Gasteiger partial charge in [-0.1, -0.05) is 27.7 Å². The Morgan fingerprint density at radius 1 is 1.03 bits per heavy atom. The van der Waals surface area contributed by atoms with Crippen LogP contribution >= 0.6 is 0 Å². The maximum Gasteiger partial charge on any atom is 0.180 e. The number of hydrogen-bond acceptors (Lipinski definition) is 4. The van der Waals surface area contributed by atoms with Gasteiger partial charge >= 0.3 is 0 Å². The number of rotatable bonds is 7. The molecule has 0 heterocycles. The van der Waals surface area contributed by atoms with Crippen molar-refractivity contribution < 1.29 is 4.79 Å². The second kappa shape index (κ2) is 8.07. The zero-order valence-electron chi connectivity index (χ0n) is 19.0. The lowest BCUT2D eigenvalue weighted by molar-refractivity contribution is 0.0595. The van der Waals surface area contributed by atoms with E-state index in [1.807, 2.05) is 19.2 Å². The SMILES string of the molecule is CCN(CC1CC1)C1C(=O)c2ccc(Nc3ccc(NC)cc3)cc2C(C)(C)[C@H]1C. The number of likely N-dealkylation sites (N-methyl/N-ethyl adjacent to an activating group) is 1. The van der Waals surface area contributed by atoms with Gasteiger partial charge in [0.25, 0.3) is 0 Å². The van der Waals surface area contributed by atoms with Crippen molar-refractivity contribution in [3.05, 3.63) is 53.6 Å². The molecule has 30 heavy (non-hydrogen) atoms. The molecule has 2 aliphatic rings. The molecule has 4 rings (SSSR count). The zero-order valence-corrected chi connectivity index (χ0v) is 19.0. The van der Waals surface area contributed by atoms with E-state index in [0.717, 1.165) is 47.2 Å². The molecule has 0 amide bonds. The van der Waals surface area contributed by atoms with Crippen molar-refractivity contribution in [3.8, 4) is 0 Å². The smallest absolute Gasteiger partial charge is 0.180 e. The monoisotopic (exact) mass is 405 g/mol. The molecule has 2 aromatic rings. The fraction of sp³-hybridized carbons (Fsp3) is 0.500. The van der Waals surface area contributed by atoms with Gasteiger partial charge in [0.15, 0.2) is 5.78 Å². The van der Waals surface area contributed by atoms with Crippen molar-refractivity contribution in [2.75, 3.05) is 30.8 Å². The summed E-state index contributed by atoms with van der Waals surface area (Å²) in [5, 5.41) is 6.65. The van der Waals surface area contributed by atoms with Crippen molar-refractivity contribution in [1.29, 1.82) is 0 Å². The van der Waals surface area contributed by atoms with Crippen LogP contribution in [0.15, 0.2) is 42.5 Å². The fourth-order valence-corrected chi connectivity index (χ4v) is 4.84. The minimum Gasteiger partial charge on any atom is -0.388 e. The number of nitrogens with zero attached hydrogens (tertiary/aromatic N) is 1. The maximum atomic E-state index is 13.6. The number of fused-ring (bicyclic) bond motifs is 1. The molecule has 2 aromatic carbocycles. The topological polar surface area (TPSA) is 44.4 Å². The number of anilines is 3. The molecule has 0 radical (unpaired) electrons. The van der Waals surface area contributed by atoms with E-state index in [-0.39, 0.29) is 17.4 Å². The highest BCUT2D eigenvalue weighted by atomic mass is 16.1. The van der Waals surface area contributed by atoms with E-state index in [2.05, 4.69) is 73.6 Å². The molecule has 0 aliphatic heterocycles. The van der Waals surface area contributed by atoms with Crippen LogP contribution < -0.4 is 10.6 Å². The highest BCUT2D eigenvalue weighted by Gasteiger charge is 2.47. The van der Waals surface area contributed by atoms with Crippen molar-refractivity contribution in [2.24, 2.45) is 11.8 Å². The summed E-state index contributed by atoms with van der Waals surface area (Å²) in [5.74, 6) is 1.35. The lowest BCUT2D eigenvalue weighted by Crippen LogP contribution is -2.55. The molecule has 1 unspecified atom stereocenters. The van der Waals surface area contributed by atoms with Crippen LogP contribution in [0.5, 0.6) is 0 Å². The van der Waals surface area contributed by atoms with Crippen LogP contribution in [-0.2, 0) is 5.41 Å². The predicted octanol–water partition coefficient (Wildman–Crippen LogP) is 5.68. The molecule has 0 bridgehead atoms. The summed E-state index contributed by atoms with van der Waals surface area (Å²) in [7, 11) is 1.92. The van der Waals surface area contributed by atoms with E-state index < -0.39 is 0 Å². The average Bonchev–Trinajstić information content (AvgIpc) is 3.56. The summed E-state index contributed by atoms with van der Waals surface area (Å²) in [5.41, 5.74) is 5.15. The molecule has 0 spiro atoms. The number of carbonyl (C=O) groups is 1. The number of carbonyl (C=O) groups excluding carboxylic acids is 1. The van der Waals surface area contributed by atoms with Crippen LogP contribution in [0.2, 0.25) is 0 Å². The van der Waals surface area contributed by atoms with Gasteiger partial charge in [0.05, 0.1) is 6.04 Å². The molecule has 160 valence electrons. The van der Waals surface area contributed by atoms with E-state index in [1.54, 1.807) is 0 Å². The highest BCUT2D eigenvalue weighted by molar-refractivity contribution is 6.03. The Morgan fingerprint density at radius 3 is 2.27 bits per heavy atom. The van der Waals surface area contributed by atoms with Crippen LogP contribution in [-0.4, -0.2) is 36.9 Å². The lowest BCUT2D eigenvalue weighted by Gasteiger charge is -2.47. The van der Waals surface area contributed by atoms with Gasteiger partial charge in [-0.3, -0.25) is 9.69 Å². The standard InChI is InChI=1S/C26H35N3O/c1-6-29(16-18-7-8-18)24-17(2)26(3,4)23-15-21(13-14-22(23)25(24)30)28-20-11-9-19(27-5)10-12-20/h9-15,17-18,24,27-28H,6-8,16H2,1-5H3/t17-,24?/m0/s1. The average molecular weight is 406 g/mol. The Labute approximate surface area is 181 Å². The molecular weight excluding hydrogens is 370 g/mol. The molecular formula is C26H35N3O. The van der Waals surface area contributed by atoms with Gasteiger partial charge in [0, 0.05) is 36.2 Å². The minimum absolute atomic E-state index is 0.0222. The first kappa shape index (κ1) is 20.9. The number of benzene rings is 2. The zero-order chi connectivity index (χ0) is 21.5. The van der Waals surface area contributed by atoms with Crippen molar-refractivity contribution >= 4 is 22.8 Å². The second-order valence-electron chi connectivity index (χ2n) is 9.56.